The van der Waals surface area contributed by atoms with Gasteiger partial charge in [-0.15, -0.1) is 0 Å². The van der Waals surface area contributed by atoms with Crippen molar-refractivity contribution in [3.63, 3.8) is 0 Å². The average Bonchev–Trinajstić information content (AvgIpc) is 2.51. The maximum atomic E-state index is 12.3. The van der Waals surface area contributed by atoms with Gasteiger partial charge in [-0.05, 0) is 29.8 Å². The molecule has 1 aliphatic heterocycles. The molecule has 0 aromatic heterocycles. The molecule has 3 nitrogen and oxygen atoms in total. The van der Waals surface area contributed by atoms with Gasteiger partial charge in [0.15, 0.2) is 11.9 Å². The van der Waals surface area contributed by atoms with Gasteiger partial charge in [-0.1, -0.05) is 30.8 Å². The number of nitrogens with zero attached hydrogens (tertiary/aromatic N) is 1. The number of benzene rings is 2. The molecule has 0 saturated heterocycles. The molecule has 0 aliphatic carbocycles. The van der Waals surface area contributed by atoms with E-state index in [-0.39, 0.29) is 5.78 Å². The third-order valence-corrected chi connectivity index (χ3v) is 3.30. The summed E-state index contributed by atoms with van der Waals surface area (Å²) in [5.74, 6) is 0.441. The lowest BCUT2D eigenvalue weighted by molar-refractivity contribution is 0.0962. The molecule has 1 atom stereocenters. The summed E-state index contributed by atoms with van der Waals surface area (Å²) in [6, 6.07) is 16.2. The van der Waals surface area contributed by atoms with Crippen molar-refractivity contribution in [2.45, 2.75) is 6.10 Å². The smallest absolute Gasteiger partial charge is 0.196 e. The second kappa shape index (κ2) is 4.67. The van der Waals surface area contributed by atoms with Crippen molar-refractivity contribution in [2.24, 2.45) is 0 Å². The summed E-state index contributed by atoms with van der Waals surface area (Å²) in [5, 5.41) is 8.96. The number of fused-ring (bicyclic) bond motifs is 1. The lowest BCUT2D eigenvalue weighted by atomic mass is 9.91. The number of ether oxygens (including phenoxy) is 1. The molecule has 0 bridgehead atoms. The van der Waals surface area contributed by atoms with Gasteiger partial charge in [-0.3, -0.25) is 4.79 Å². The Kier molecular flexibility index (Phi) is 2.85. The average molecular weight is 261 g/mol. The largest absolute Gasteiger partial charge is 0.480 e. The van der Waals surface area contributed by atoms with E-state index in [1.54, 1.807) is 36.4 Å². The highest BCUT2D eigenvalue weighted by Gasteiger charge is 2.31. The molecule has 96 valence electrons. The zero-order valence-electron chi connectivity index (χ0n) is 10.7. The first-order valence-corrected chi connectivity index (χ1v) is 6.20. The summed E-state index contributed by atoms with van der Waals surface area (Å²) in [6.45, 7) is 3.85. The highest BCUT2D eigenvalue weighted by atomic mass is 16.5. The van der Waals surface area contributed by atoms with Crippen LogP contribution < -0.4 is 4.74 Å². The third-order valence-electron chi connectivity index (χ3n) is 3.30. The van der Waals surface area contributed by atoms with Crippen LogP contribution in [0.5, 0.6) is 5.75 Å². The van der Waals surface area contributed by atoms with Crippen LogP contribution >= 0.6 is 0 Å². The zero-order chi connectivity index (χ0) is 14.1. The standard InChI is InChI=1S/C17H11NO2/c1-11-16(19)14-7-2-3-8-15(14)20-17(11)13-6-4-5-12(9-13)10-18/h2-9,17H,1H2. The van der Waals surface area contributed by atoms with Crippen molar-refractivity contribution in [2.75, 3.05) is 0 Å². The second-order valence-electron chi connectivity index (χ2n) is 4.59. The van der Waals surface area contributed by atoms with E-state index in [1.165, 1.54) is 0 Å². The van der Waals surface area contributed by atoms with Crippen LogP contribution in [0, 0.1) is 11.3 Å². The number of para-hydroxylation sites is 1. The second-order valence-corrected chi connectivity index (χ2v) is 4.59. The van der Waals surface area contributed by atoms with E-state index in [1.807, 2.05) is 12.1 Å². The molecule has 3 heteroatoms. The van der Waals surface area contributed by atoms with Crippen molar-refractivity contribution >= 4 is 5.78 Å². The maximum Gasteiger partial charge on any atom is 0.196 e. The predicted molar refractivity (Wildman–Crippen MR) is 74.4 cm³/mol. The Bertz CT molecular complexity index is 756. The number of carbonyl (C=O) groups excluding carboxylic acids is 1. The Morgan fingerprint density at radius 1 is 1.15 bits per heavy atom. The first kappa shape index (κ1) is 12.2. The number of Topliss-reactive ketones (excluding diaryl/α,β-unsaturated/α-hetero) is 1. The van der Waals surface area contributed by atoms with Crippen LogP contribution in [-0.4, -0.2) is 5.78 Å². The van der Waals surface area contributed by atoms with Crippen LogP contribution in [0.1, 0.15) is 27.6 Å². The minimum Gasteiger partial charge on any atom is -0.480 e. The van der Waals surface area contributed by atoms with E-state index >= 15 is 0 Å². The van der Waals surface area contributed by atoms with Crippen molar-refractivity contribution in [1.82, 2.24) is 0 Å². The number of rotatable bonds is 1. The van der Waals surface area contributed by atoms with Crippen LogP contribution in [0.2, 0.25) is 0 Å². The van der Waals surface area contributed by atoms with Crippen LogP contribution in [0.25, 0.3) is 0 Å². The summed E-state index contributed by atoms with van der Waals surface area (Å²) >= 11 is 0. The van der Waals surface area contributed by atoms with E-state index in [9.17, 15) is 4.79 Å². The fraction of sp³-hybridized carbons (Fsp3) is 0.0588. The SMILES string of the molecule is C=C1C(=O)c2ccccc2OC1c1cccc(C#N)c1. The van der Waals surface area contributed by atoms with Gasteiger partial charge < -0.3 is 4.74 Å². The number of nitriles is 1. The Labute approximate surface area is 116 Å². The van der Waals surface area contributed by atoms with Gasteiger partial charge >= 0.3 is 0 Å². The van der Waals surface area contributed by atoms with Crippen molar-refractivity contribution in [1.29, 1.82) is 5.26 Å². The van der Waals surface area contributed by atoms with Crippen LogP contribution in [0.3, 0.4) is 0 Å². The van der Waals surface area contributed by atoms with E-state index in [0.717, 1.165) is 5.56 Å². The first-order chi connectivity index (χ1) is 9.70. The van der Waals surface area contributed by atoms with Gasteiger partial charge in [-0.2, -0.15) is 5.26 Å². The maximum absolute atomic E-state index is 12.3. The number of hydrogen-bond acceptors (Lipinski definition) is 3. The molecule has 0 fully saturated rings. The minimum absolute atomic E-state index is 0.112. The normalized spacial score (nSPS) is 17.1. The summed E-state index contributed by atoms with van der Waals surface area (Å²) in [5.41, 5.74) is 2.21. The molecular weight excluding hydrogens is 250 g/mol. The van der Waals surface area contributed by atoms with Gasteiger partial charge in [0.05, 0.1) is 17.2 Å². The molecule has 0 radical (unpaired) electrons. The lowest BCUT2D eigenvalue weighted by Crippen LogP contribution is -2.23. The summed E-state index contributed by atoms with van der Waals surface area (Å²) < 4.78 is 5.87. The zero-order valence-corrected chi connectivity index (χ0v) is 10.7. The Morgan fingerprint density at radius 2 is 1.95 bits per heavy atom. The molecule has 1 unspecified atom stereocenters. The summed E-state index contributed by atoms with van der Waals surface area (Å²) in [6.07, 6.45) is -0.536. The number of ketones is 1. The molecule has 20 heavy (non-hydrogen) atoms. The Hall–Kier alpha value is -2.86. The molecule has 2 aromatic carbocycles. The lowest BCUT2D eigenvalue weighted by Gasteiger charge is -2.27. The molecule has 3 rings (SSSR count). The quantitative estimate of drug-likeness (QED) is 0.739. The van der Waals surface area contributed by atoms with Crippen LogP contribution in [0.15, 0.2) is 60.7 Å². The van der Waals surface area contributed by atoms with Crippen molar-refractivity contribution < 1.29 is 9.53 Å². The van der Waals surface area contributed by atoms with E-state index < -0.39 is 6.10 Å². The van der Waals surface area contributed by atoms with Gasteiger partial charge in [0.25, 0.3) is 0 Å². The topological polar surface area (TPSA) is 50.1 Å². The number of hydrogen-bond donors (Lipinski definition) is 0. The van der Waals surface area contributed by atoms with Gasteiger partial charge in [0, 0.05) is 5.57 Å². The molecule has 0 amide bonds. The Balaban J connectivity index is 2.06. The van der Waals surface area contributed by atoms with Gasteiger partial charge in [0.2, 0.25) is 0 Å². The van der Waals surface area contributed by atoms with E-state index in [0.29, 0.717) is 22.4 Å². The monoisotopic (exact) mass is 261 g/mol. The minimum atomic E-state index is -0.536. The summed E-state index contributed by atoms with van der Waals surface area (Å²) in [7, 11) is 0. The van der Waals surface area contributed by atoms with Crippen molar-refractivity contribution in [3.8, 4) is 11.8 Å². The molecule has 0 saturated carbocycles. The van der Waals surface area contributed by atoms with Crippen LogP contribution in [-0.2, 0) is 0 Å². The summed E-state index contributed by atoms with van der Waals surface area (Å²) in [4.78, 5) is 12.3. The third kappa shape index (κ3) is 1.88. The van der Waals surface area contributed by atoms with Gasteiger partial charge in [0.1, 0.15) is 5.75 Å². The molecule has 0 spiro atoms. The van der Waals surface area contributed by atoms with Crippen LogP contribution in [0.4, 0.5) is 0 Å². The first-order valence-electron chi connectivity index (χ1n) is 6.20. The van der Waals surface area contributed by atoms with Crippen molar-refractivity contribution in [3.05, 3.63) is 77.4 Å². The fourth-order valence-corrected chi connectivity index (χ4v) is 2.29. The fourth-order valence-electron chi connectivity index (χ4n) is 2.29. The highest BCUT2D eigenvalue weighted by molar-refractivity contribution is 6.11. The number of carbonyl (C=O) groups is 1. The highest BCUT2D eigenvalue weighted by Crippen LogP contribution is 2.37. The van der Waals surface area contributed by atoms with E-state index in [4.69, 9.17) is 10.00 Å². The predicted octanol–water partition coefficient (Wildman–Crippen LogP) is 3.43. The molecule has 2 aromatic rings. The molecule has 0 N–H and O–H groups in total. The van der Waals surface area contributed by atoms with E-state index in [2.05, 4.69) is 12.6 Å². The van der Waals surface area contributed by atoms with Gasteiger partial charge in [-0.25, -0.2) is 0 Å². The molecule has 1 aliphatic rings. The molecular formula is C17H11NO2. The Morgan fingerprint density at radius 3 is 2.75 bits per heavy atom. The molecule has 1 heterocycles.